The van der Waals surface area contributed by atoms with Gasteiger partial charge in [0, 0.05) is 6.08 Å². The fraction of sp³-hybridized carbons (Fsp3) is 0.500. The highest BCUT2D eigenvalue weighted by Crippen LogP contribution is 2.37. The van der Waals surface area contributed by atoms with Crippen LogP contribution in [0.4, 0.5) is 0 Å². The van der Waals surface area contributed by atoms with E-state index >= 15 is 0 Å². The first-order chi connectivity index (χ1) is 10.1. The summed E-state index contributed by atoms with van der Waals surface area (Å²) in [6.07, 6.45) is 4.40. The van der Waals surface area contributed by atoms with Crippen molar-refractivity contribution in [3.05, 3.63) is 48.0 Å². The summed E-state index contributed by atoms with van der Waals surface area (Å²) in [5.41, 5.74) is 1.25. The molecule has 1 aromatic rings. The zero-order chi connectivity index (χ0) is 16.8. The third-order valence-electron chi connectivity index (χ3n) is 4.27. The van der Waals surface area contributed by atoms with Gasteiger partial charge in [-0.25, -0.2) is 4.79 Å². The lowest BCUT2D eigenvalue weighted by Gasteiger charge is -2.38. The van der Waals surface area contributed by atoms with Crippen molar-refractivity contribution in [1.82, 2.24) is 0 Å². The highest BCUT2D eigenvalue weighted by atomic mass is 28.4. The second-order valence-corrected chi connectivity index (χ2v) is 11.9. The summed E-state index contributed by atoms with van der Waals surface area (Å²) in [6.45, 7) is 10.9. The Balaban J connectivity index is 2.78. The Kier molecular flexibility index (Phi) is 6.57. The van der Waals surface area contributed by atoms with Gasteiger partial charge in [0.15, 0.2) is 8.32 Å². The third-order valence-corrected chi connectivity index (χ3v) is 8.77. The molecule has 0 bridgehead atoms. The van der Waals surface area contributed by atoms with E-state index in [0.29, 0.717) is 0 Å². The lowest BCUT2D eigenvalue weighted by atomic mass is 10.1. The fourth-order valence-corrected chi connectivity index (χ4v) is 3.20. The summed E-state index contributed by atoms with van der Waals surface area (Å²) >= 11 is 0. The number of hydrogen-bond donors (Lipinski definition) is 1. The van der Waals surface area contributed by atoms with Crippen molar-refractivity contribution in [3.8, 4) is 0 Å². The molecule has 1 atom stereocenters. The van der Waals surface area contributed by atoms with Gasteiger partial charge in [-0.3, -0.25) is 0 Å². The molecular formula is C18H28O3Si. The molecule has 1 unspecified atom stereocenters. The number of aryl methyl sites for hydroxylation is 1. The van der Waals surface area contributed by atoms with Gasteiger partial charge in [-0.2, -0.15) is 0 Å². The lowest BCUT2D eigenvalue weighted by molar-refractivity contribution is -0.131. The minimum atomic E-state index is -1.92. The van der Waals surface area contributed by atoms with Crippen LogP contribution in [0, 0.1) is 0 Å². The van der Waals surface area contributed by atoms with Gasteiger partial charge >= 0.3 is 5.97 Å². The molecule has 4 heteroatoms. The highest BCUT2D eigenvalue weighted by molar-refractivity contribution is 6.74. The Morgan fingerprint density at radius 1 is 1.27 bits per heavy atom. The molecule has 1 rings (SSSR count). The number of rotatable bonds is 7. The quantitative estimate of drug-likeness (QED) is 0.587. The van der Waals surface area contributed by atoms with Crippen LogP contribution in [0.2, 0.25) is 18.1 Å². The Hall–Kier alpha value is -1.39. The molecule has 1 aromatic carbocycles. The topological polar surface area (TPSA) is 46.5 Å². The molecule has 0 spiro atoms. The number of carboxylic acid groups (broad SMARTS) is 1. The predicted molar refractivity (Wildman–Crippen MR) is 93.6 cm³/mol. The molecule has 0 fully saturated rings. The SMILES string of the molecule is CC(C)(C)[Si](C)(C)OC(/C=C\C(=O)O)CCc1ccccc1. The first-order valence-corrected chi connectivity index (χ1v) is 10.7. The molecule has 0 amide bonds. The molecule has 122 valence electrons. The number of carboxylic acids is 1. The van der Waals surface area contributed by atoms with E-state index < -0.39 is 14.3 Å². The molecule has 0 saturated carbocycles. The number of benzene rings is 1. The molecule has 0 aliphatic carbocycles. The van der Waals surface area contributed by atoms with Crippen LogP contribution >= 0.6 is 0 Å². The van der Waals surface area contributed by atoms with Gasteiger partial charge in [0.2, 0.25) is 0 Å². The van der Waals surface area contributed by atoms with Gasteiger partial charge in [-0.15, -0.1) is 0 Å². The first-order valence-electron chi connectivity index (χ1n) is 7.75. The van der Waals surface area contributed by atoms with Gasteiger partial charge in [-0.1, -0.05) is 51.1 Å². The number of aliphatic carboxylic acids is 1. The van der Waals surface area contributed by atoms with Crippen molar-refractivity contribution in [1.29, 1.82) is 0 Å². The molecule has 0 aliphatic rings. The maximum atomic E-state index is 10.8. The van der Waals surface area contributed by atoms with Crippen molar-refractivity contribution in [2.24, 2.45) is 0 Å². The maximum Gasteiger partial charge on any atom is 0.328 e. The second kappa shape index (κ2) is 7.74. The zero-order valence-corrected chi connectivity index (χ0v) is 15.3. The Morgan fingerprint density at radius 3 is 2.36 bits per heavy atom. The minimum absolute atomic E-state index is 0.106. The Morgan fingerprint density at radius 2 is 1.86 bits per heavy atom. The summed E-state index contributed by atoms with van der Waals surface area (Å²) in [4.78, 5) is 10.8. The smallest absolute Gasteiger partial charge is 0.328 e. The zero-order valence-electron chi connectivity index (χ0n) is 14.3. The van der Waals surface area contributed by atoms with Crippen molar-refractivity contribution >= 4 is 14.3 Å². The van der Waals surface area contributed by atoms with Crippen LogP contribution in [0.15, 0.2) is 42.5 Å². The molecule has 0 heterocycles. The summed E-state index contributed by atoms with van der Waals surface area (Å²) in [5.74, 6) is -0.927. The second-order valence-electron chi connectivity index (χ2n) is 7.14. The monoisotopic (exact) mass is 320 g/mol. The van der Waals surface area contributed by atoms with Gasteiger partial charge in [-0.05, 0) is 42.6 Å². The standard InChI is InChI=1S/C18H28O3Si/c1-18(2,3)22(4,5)21-16(13-14-17(19)20)12-11-15-9-7-6-8-10-15/h6-10,13-14,16H,11-12H2,1-5H3,(H,19,20)/b14-13-. The summed E-state index contributed by atoms with van der Waals surface area (Å²) in [5, 5.41) is 8.98. The molecule has 0 aliphatic heterocycles. The molecule has 1 N–H and O–H groups in total. The minimum Gasteiger partial charge on any atom is -0.478 e. The summed E-state index contributed by atoms with van der Waals surface area (Å²) in [6, 6.07) is 10.2. The summed E-state index contributed by atoms with van der Waals surface area (Å²) in [7, 11) is -1.92. The largest absolute Gasteiger partial charge is 0.478 e. The first kappa shape index (κ1) is 18.7. The molecule has 3 nitrogen and oxygen atoms in total. The van der Waals surface area contributed by atoms with Crippen LogP contribution in [0.25, 0.3) is 0 Å². The molecular weight excluding hydrogens is 292 g/mol. The van der Waals surface area contributed by atoms with Crippen molar-refractivity contribution in [3.63, 3.8) is 0 Å². The van der Waals surface area contributed by atoms with E-state index in [-0.39, 0.29) is 11.1 Å². The Bertz CT molecular complexity index is 501. The number of hydrogen-bond acceptors (Lipinski definition) is 2. The van der Waals surface area contributed by atoms with E-state index in [1.807, 2.05) is 18.2 Å². The predicted octanol–water partition coefficient (Wildman–Crippen LogP) is 4.65. The van der Waals surface area contributed by atoms with E-state index in [9.17, 15) is 4.79 Å². The summed E-state index contributed by atoms with van der Waals surface area (Å²) < 4.78 is 6.36. The van der Waals surface area contributed by atoms with Gasteiger partial charge in [0.05, 0.1) is 6.10 Å². The van der Waals surface area contributed by atoms with Crippen molar-refractivity contribution in [2.45, 2.75) is 57.8 Å². The third kappa shape index (κ3) is 6.16. The van der Waals surface area contributed by atoms with Crippen LogP contribution in [-0.2, 0) is 15.6 Å². The normalized spacial score (nSPS) is 14.2. The molecule has 0 radical (unpaired) electrons. The lowest BCUT2D eigenvalue weighted by Crippen LogP contribution is -2.43. The van der Waals surface area contributed by atoms with Gasteiger partial charge in [0.25, 0.3) is 0 Å². The van der Waals surface area contributed by atoms with Gasteiger partial charge < -0.3 is 9.53 Å². The highest BCUT2D eigenvalue weighted by Gasteiger charge is 2.38. The van der Waals surface area contributed by atoms with E-state index in [0.717, 1.165) is 12.8 Å². The van der Waals surface area contributed by atoms with E-state index in [4.69, 9.17) is 9.53 Å². The molecule has 22 heavy (non-hydrogen) atoms. The van der Waals surface area contributed by atoms with Crippen LogP contribution in [0.5, 0.6) is 0 Å². The van der Waals surface area contributed by atoms with Crippen LogP contribution in [0.3, 0.4) is 0 Å². The molecule has 0 saturated heterocycles. The van der Waals surface area contributed by atoms with Crippen LogP contribution in [0.1, 0.15) is 32.8 Å². The maximum absolute atomic E-state index is 10.8. The van der Waals surface area contributed by atoms with Crippen LogP contribution < -0.4 is 0 Å². The van der Waals surface area contributed by atoms with Gasteiger partial charge in [0.1, 0.15) is 0 Å². The van der Waals surface area contributed by atoms with E-state index in [1.54, 1.807) is 6.08 Å². The Labute approximate surface area is 135 Å². The van der Waals surface area contributed by atoms with Crippen LogP contribution in [-0.4, -0.2) is 25.5 Å². The van der Waals surface area contributed by atoms with Crippen molar-refractivity contribution in [2.75, 3.05) is 0 Å². The van der Waals surface area contributed by atoms with E-state index in [2.05, 4.69) is 46.0 Å². The molecule has 0 aromatic heterocycles. The van der Waals surface area contributed by atoms with E-state index in [1.165, 1.54) is 11.6 Å². The van der Waals surface area contributed by atoms with Crippen molar-refractivity contribution < 1.29 is 14.3 Å². The number of carbonyl (C=O) groups is 1. The average molecular weight is 321 g/mol. The average Bonchev–Trinajstić information content (AvgIpc) is 2.41. The fourth-order valence-electron chi connectivity index (χ4n) is 1.89.